The summed E-state index contributed by atoms with van der Waals surface area (Å²) in [4.78, 5) is 14.2. The number of ether oxygens (including phenoxy) is 1. The van der Waals surface area contributed by atoms with E-state index in [0.29, 0.717) is 24.3 Å². The molecule has 0 saturated carbocycles. The van der Waals surface area contributed by atoms with Gasteiger partial charge in [0.2, 0.25) is 0 Å². The van der Waals surface area contributed by atoms with Crippen LogP contribution in [0.15, 0.2) is 23.3 Å². The number of ketones is 1. The first-order valence-electron chi connectivity index (χ1n) is 5.11. The highest BCUT2D eigenvalue weighted by Gasteiger charge is 2.17. The van der Waals surface area contributed by atoms with Gasteiger partial charge in [-0.3, -0.25) is 4.79 Å². The van der Waals surface area contributed by atoms with Crippen molar-refractivity contribution in [2.24, 2.45) is 5.11 Å². The van der Waals surface area contributed by atoms with Gasteiger partial charge in [0.05, 0.1) is 18.7 Å². The highest BCUT2D eigenvalue weighted by Crippen LogP contribution is 2.25. The molecule has 0 aromatic heterocycles. The molecule has 0 spiro atoms. The van der Waals surface area contributed by atoms with Crippen LogP contribution in [0.5, 0.6) is 5.75 Å². The SMILES string of the molecule is [N-]=[N+]=NCC#Cc1ccc2c(c1)C(=O)CCO2. The Labute approximate surface area is 98.0 Å². The van der Waals surface area contributed by atoms with Crippen LogP contribution in [0.1, 0.15) is 22.3 Å². The molecule has 5 heteroatoms. The largest absolute Gasteiger partial charge is 0.492 e. The van der Waals surface area contributed by atoms with E-state index in [-0.39, 0.29) is 12.3 Å². The monoisotopic (exact) mass is 227 g/mol. The molecule has 0 amide bonds. The van der Waals surface area contributed by atoms with Crippen molar-refractivity contribution in [2.45, 2.75) is 6.42 Å². The molecule has 0 aliphatic carbocycles. The molecule has 17 heavy (non-hydrogen) atoms. The summed E-state index contributed by atoms with van der Waals surface area (Å²) in [5, 5.41) is 3.30. The molecule has 0 unspecified atom stereocenters. The van der Waals surface area contributed by atoms with E-state index in [1.165, 1.54) is 0 Å². The lowest BCUT2D eigenvalue weighted by Gasteiger charge is -2.15. The minimum Gasteiger partial charge on any atom is -0.492 e. The number of fused-ring (bicyclic) bond motifs is 1. The highest BCUT2D eigenvalue weighted by molar-refractivity contribution is 5.99. The standard InChI is InChI=1S/C12H9N3O2/c13-15-14-6-1-2-9-3-4-12-10(8-9)11(16)5-7-17-12/h3-4,8H,5-7H2. The van der Waals surface area contributed by atoms with Crippen LogP contribution in [-0.2, 0) is 0 Å². The van der Waals surface area contributed by atoms with E-state index in [2.05, 4.69) is 21.9 Å². The molecule has 1 heterocycles. The number of hydrogen-bond donors (Lipinski definition) is 0. The molecule has 84 valence electrons. The number of carbonyl (C=O) groups is 1. The normalized spacial score (nSPS) is 12.6. The van der Waals surface area contributed by atoms with E-state index in [1.54, 1.807) is 18.2 Å². The molecule has 0 bridgehead atoms. The Bertz CT molecular complexity index is 563. The van der Waals surface area contributed by atoms with Crippen LogP contribution < -0.4 is 4.74 Å². The summed E-state index contributed by atoms with van der Waals surface area (Å²) in [7, 11) is 0. The van der Waals surface area contributed by atoms with Crippen molar-refractivity contribution in [2.75, 3.05) is 13.2 Å². The topological polar surface area (TPSA) is 75.1 Å². The van der Waals surface area contributed by atoms with Crippen molar-refractivity contribution >= 4 is 5.78 Å². The number of azide groups is 1. The number of Topliss-reactive ketones (excluding diaryl/α,β-unsaturated/α-hetero) is 1. The van der Waals surface area contributed by atoms with Crippen molar-refractivity contribution < 1.29 is 9.53 Å². The molecule has 0 atom stereocenters. The summed E-state index contributed by atoms with van der Waals surface area (Å²) in [5.41, 5.74) is 9.38. The summed E-state index contributed by atoms with van der Waals surface area (Å²) < 4.78 is 5.36. The number of carbonyl (C=O) groups excluding carboxylic acids is 1. The Morgan fingerprint density at radius 1 is 1.53 bits per heavy atom. The number of benzene rings is 1. The quantitative estimate of drug-likeness (QED) is 0.319. The van der Waals surface area contributed by atoms with Gasteiger partial charge in [-0.1, -0.05) is 17.0 Å². The number of nitrogens with zero attached hydrogens (tertiary/aromatic N) is 3. The van der Waals surface area contributed by atoms with Gasteiger partial charge in [-0.15, -0.1) is 0 Å². The summed E-state index contributed by atoms with van der Waals surface area (Å²) in [6.45, 7) is 0.561. The summed E-state index contributed by atoms with van der Waals surface area (Å²) in [5.74, 6) is 6.22. The average molecular weight is 227 g/mol. The Morgan fingerprint density at radius 3 is 3.24 bits per heavy atom. The second-order valence-corrected chi connectivity index (χ2v) is 3.42. The zero-order valence-corrected chi connectivity index (χ0v) is 9.01. The first kappa shape index (κ1) is 11.1. The summed E-state index contributed by atoms with van der Waals surface area (Å²) in [6, 6.07) is 5.23. The third kappa shape index (κ3) is 2.57. The molecule has 5 nitrogen and oxygen atoms in total. The van der Waals surface area contributed by atoms with E-state index in [9.17, 15) is 4.79 Å². The van der Waals surface area contributed by atoms with Crippen molar-refractivity contribution in [1.82, 2.24) is 0 Å². The molecular formula is C12H9N3O2. The summed E-state index contributed by atoms with van der Waals surface area (Å²) in [6.07, 6.45) is 0.405. The van der Waals surface area contributed by atoms with Crippen LogP contribution in [0.2, 0.25) is 0 Å². The van der Waals surface area contributed by atoms with Gasteiger partial charge < -0.3 is 4.74 Å². The van der Waals surface area contributed by atoms with Crippen molar-refractivity contribution in [3.63, 3.8) is 0 Å². The van der Waals surface area contributed by atoms with E-state index in [4.69, 9.17) is 10.3 Å². The zero-order valence-electron chi connectivity index (χ0n) is 9.01. The molecule has 0 saturated heterocycles. The average Bonchev–Trinajstić information content (AvgIpc) is 2.36. The van der Waals surface area contributed by atoms with Gasteiger partial charge in [0, 0.05) is 16.9 Å². The minimum atomic E-state index is 0.0740. The zero-order chi connectivity index (χ0) is 12.1. The number of rotatable bonds is 1. The van der Waals surface area contributed by atoms with Crippen LogP contribution in [0.4, 0.5) is 0 Å². The third-order valence-electron chi connectivity index (χ3n) is 2.31. The fourth-order valence-corrected chi connectivity index (χ4v) is 1.55. The lowest BCUT2D eigenvalue weighted by Crippen LogP contribution is -2.15. The van der Waals surface area contributed by atoms with Crippen LogP contribution in [0.3, 0.4) is 0 Å². The van der Waals surface area contributed by atoms with Crippen molar-refractivity contribution in [1.29, 1.82) is 0 Å². The smallest absolute Gasteiger partial charge is 0.170 e. The van der Waals surface area contributed by atoms with Gasteiger partial charge in [0.1, 0.15) is 5.75 Å². The maximum absolute atomic E-state index is 11.6. The van der Waals surface area contributed by atoms with Gasteiger partial charge in [-0.2, -0.15) is 0 Å². The lowest BCUT2D eigenvalue weighted by molar-refractivity contribution is 0.0933. The van der Waals surface area contributed by atoms with Crippen LogP contribution in [0.25, 0.3) is 10.4 Å². The predicted octanol–water partition coefficient (Wildman–Crippen LogP) is 2.31. The Balaban J connectivity index is 2.25. The van der Waals surface area contributed by atoms with Crippen molar-refractivity contribution in [3.05, 3.63) is 39.8 Å². The second kappa shape index (κ2) is 5.06. The highest BCUT2D eigenvalue weighted by atomic mass is 16.5. The molecule has 2 rings (SSSR count). The molecule has 1 aliphatic heterocycles. The van der Waals surface area contributed by atoms with Gasteiger partial charge in [-0.25, -0.2) is 0 Å². The second-order valence-electron chi connectivity index (χ2n) is 3.42. The van der Waals surface area contributed by atoms with Crippen molar-refractivity contribution in [3.8, 4) is 17.6 Å². The fraction of sp³-hybridized carbons (Fsp3) is 0.250. The molecule has 1 aliphatic rings. The Hall–Kier alpha value is -2.44. The van der Waals surface area contributed by atoms with Gasteiger partial charge in [-0.05, 0) is 23.7 Å². The Morgan fingerprint density at radius 2 is 2.41 bits per heavy atom. The molecule has 1 aromatic rings. The van der Waals surface area contributed by atoms with E-state index in [1.807, 2.05) is 0 Å². The molecule has 1 aromatic carbocycles. The fourth-order valence-electron chi connectivity index (χ4n) is 1.55. The van der Waals surface area contributed by atoms with E-state index in [0.717, 1.165) is 5.56 Å². The van der Waals surface area contributed by atoms with Crippen LogP contribution in [-0.4, -0.2) is 18.9 Å². The van der Waals surface area contributed by atoms with Gasteiger partial charge in [0.25, 0.3) is 0 Å². The molecule has 0 fully saturated rings. The molecular weight excluding hydrogens is 218 g/mol. The van der Waals surface area contributed by atoms with Crippen LogP contribution in [0, 0.1) is 11.8 Å². The van der Waals surface area contributed by atoms with Gasteiger partial charge >= 0.3 is 0 Å². The Kier molecular flexibility index (Phi) is 3.29. The number of hydrogen-bond acceptors (Lipinski definition) is 3. The summed E-state index contributed by atoms with van der Waals surface area (Å²) >= 11 is 0. The van der Waals surface area contributed by atoms with E-state index >= 15 is 0 Å². The van der Waals surface area contributed by atoms with Gasteiger partial charge in [0.15, 0.2) is 5.78 Å². The maximum Gasteiger partial charge on any atom is 0.170 e. The maximum atomic E-state index is 11.6. The predicted molar refractivity (Wildman–Crippen MR) is 61.8 cm³/mol. The molecule has 0 radical (unpaired) electrons. The first-order chi connectivity index (χ1) is 8.31. The molecule has 0 N–H and O–H groups in total. The third-order valence-corrected chi connectivity index (χ3v) is 2.31. The van der Waals surface area contributed by atoms with Crippen LogP contribution >= 0.6 is 0 Å². The minimum absolute atomic E-state index is 0.0740. The van der Waals surface area contributed by atoms with E-state index < -0.39 is 0 Å². The lowest BCUT2D eigenvalue weighted by atomic mass is 10.0. The first-order valence-corrected chi connectivity index (χ1v) is 5.11.